The van der Waals surface area contributed by atoms with Gasteiger partial charge in [-0.1, -0.05) is 12.1 Å². The summed E-state index contributed by atoms with van der Waals surface area (Å²) < 4.78 is 6.68. The Morgan fingerprint density at radius 2 is 1.92 bits per heavy atom. The van der Waals surface area contributed by atoms with Crippen LogP contribution in [0.5, 0.6) is 5.75 Å². The lowest BCUT2D eigenvalue weighted by Gasteiger charge is -2.04. The molecule has 0 saturated heterocycles. The summed E-state index contributed by atoms with van der Waals surface area (Å²) in [5, 5.41) is 3.10. The van der Waals surface area contributed by atoms with Crippen LogP contribution >= 0.6 is 0 Å². The summed E-state index contributed by atoms with van der Waals surface area (Å²) in [6.07, 6.45) is 3.39. The van der Waals surface area contributed by atoms with E-state index in [9.17, 15) is 4.79 Å². The molecule has 0 aliphatic heterocycles. The molecule has 0 saturated carbocycles. The topological polar surface area (TPSA) is 72.3 Å². The number of rotatable bonds is 3. The zero-order valence-corrected chi connectivity index (χ0v) is 13.9. The molecule has 1 N–H and O–H groups in total. The standard InChI is InChI=1S/C19H16N4O2/c1-12-18(13-5-7-15(25-2)8-6-13)19-21-16(10-17(24)23(19)22-12)14-4-3-9-20-11-14/h3-11,22H,1-2H3. The van der Waals surface area contributed by atoms with E-state index < -0.39 is 0 Å². The number of pyridine rings is 1. The molecule has 0 aliphatic carbocycles. The summed E-state index contributed by atoms with van der Waals surface area (Å²) in [5.41, 5.74) is 4.57. The van der Waals surface area contributed by atoms with Gasteiger partial charge in [-0.25, -0.2) is 9.50 Å². The molecule has 0 bridgehead atoms. The van der Waals surface area contributed by atoms with Crippen molar-refractivity contribution in [2.45, 2.75) is 6.92 Å². The van der Waals surface area contributed by atoms with Crippen molar-refractivity contribution >= 4 is 5.65 Å². The summed E-state index contributed by atoms with van der Waals surface area (Å²) in [6.45, 7) is 1.93. The molecule has 1 aromatic carbocycles. The minimum absolute atomic E-state index is 0.160. The van der Waals surface area contributed by atoms with Gasteiger partial charge in [0.05, 0.1) is 12.8 Å². The summed E-state index contributed by atoms with van der Waals surface area (Å²) in [6, 6.07) is 12.9. The second-order valence-electron chi connectivity index (χ2n) is 5.72. The smallest absolute Gasteiger partial charge is 0.273 e. The van der Waals surface area contributed by atoms with E-state index in [1.165, 1.54) is 10.6 Å². The molecule has 0 atom stereocenters. The normalized spacial score (nSPS) is 11.0. The number of hydrogen-bond donors (Lipinski definition) is 1. The third-order valence-corrected chi connectivity index (χ3v) is 4.13. The number of ether oxygens (including phenoxy) is 1. The van der Waals surface area contributed by atoms with Crippen molar-refractivity contribution < 1.29 is 4.74 Å². The van der Waals surface area contributed by atoms with Crippen molar-refractivity contribution in [3.05, 3.63) is 70.9 Å². The molecule has 0 spiro atoms. The first-order chi connectivity index (χ1) is 12.2. The van der Waals surface area contributed by atoms with Gasteiger partial charge in [0.25, 0.3) is 5.56 Å². The molecular formula is C19H16N4O2. The van der Waals surface area contributed by atoms with Gasteiger partial charge in [0, 0.05) is 35.3 Å². The molecule has 4 rings (SSSR count). The predicted molar refractivity (Wildman–Crippen MR) is 95.8 cm³/mol. The lowest BCUT2D eigenvalue weighted by molar-refractivity contribution is 0.415. The maximum Gasteiger partial charge on any atom is 0.273 e. The number of benzene rings is 1. The van der Waals surface area contributed by atoms with Crippen molar-refractivity contribution in [1.29, 1.82) is 0 Å². The molecule has 3 heterocycles. The molecule has 0 unspecified atom stereocenters. The average Bonchev–Trinajstić information content (AvgIpc) is 2.99. The molecule has 3 aromatic heterocycles. The number of hydrogen-bond acceptors (Lipinski definition) is 4. The van der Waals surface area contributed by atoms with Crippen LogP contribution in [-0.2, 0) is 0 Å². The van der Waals surface area contributed by atoms with Crippen LogP contribution in [0.25, 0.3) is 28.0 Å². The minimum atomic E-state index is -0.160. The van der Waals surface area contributed by atoms with Crippen molar-refractivity contribution in [3.8, 4) is 28.1 Å². The van der Waals surface area contributed by atoms with Crippen molar-refractivity contribution in [1.82, 2.24) is 19.6 Å². The van der Waals surface area contributed by atoms with Gasteiger partial charge in [-0.2, -0.15) is 0 Å². The second kappa shape index (κ2) is 5.90. The van der Waals surface area contributed by atoms with Crippen molar-refractivity contribution in [2.75, 3.05) is 7.11 Å². The first kappa shape index (κ1) is 15.1. The lowest BCUT2D eigenvalue weighted by Crippen LogP contribution is -2.14. The van der Waals surface area contributed by atoms with Crippen LogP contribution in [0.2, 0.25) is 0 Å². The van der Waals surface area contributed by atoms with E-state index in [0.29, 0.717) is 11.3 Å². The molecule has 0 aliphatic rings. The quantitative estimate of drug-likeness (QED) is 0.626. The Labute approximate surface area is 143 Å². The number of nitrogens with zero attached hydrogens (tertiary/aromatic N) is 3. The summed E-state index contributed by atoms with van der Waals surface area (Å²) in [5.74, 6) is 0.780. The Bertz CT molecular complexity index is 1100. The second-order valence-corrected chi connectivity index (χ2v) is 5.72. The Morgan fingerprint density at radius 1 is 1.12 bits per heavy atom. The van der Waals surface area contributed by atoms with Crippen LogP contribution in [0.15, 0.2) is 59.7 Å². The van der Waals surface area contributed by atoms with E-state index in [2.05, 4.69) is 10.1 Å². The summed E-state index contributed by atoms with van der Waals surface area (Å²) in [7, 11) is 1.63. The highest BCUT2D eigenvalue weighted by Crippen LogP contribution is 2.29. The number of fused-ring (bicyclic) bond motifs is 1. The van der Waals surface area contributed by atoms with E-state index in [-0.39, 0.29) is 5.56 Å². The Kier molecular flexibility index (Phi) is 3.57. The molecule has 6 heteroatoms. The number of H-pyrrole nitrogens is 1. The highest BCUT2D eigenvalue weighted by Gasteiger charge is 2.15. The predicted octanol–water partition coefficient (Wildman–Crippen LogP) is 3.07. The number of nitrogens with one attached hydrogen (secondary N) is 1. The van der Waals surface area contributed by atoms with Crippen molar-refractivity contribution in [3.63, 3.8) is 0 Å². The number of aromatic amines is 1. The number of aromatic nitrogens is 4. The zero-order chi connectivity index (χ0) is 17.4. The molecular weight excluding hydrogens is 316 g/mol. The van der Waals surface area contributed by atoms with Crippen LogP contribution in [0.3, 0.4) is 0 Å². The highest BCUT2D eigenvalue weighted by molar-refractivity contribution is 5.81. The van der Waals surface area contributed by atoms with Gasteiger partial charge in [-0.15, -0.1) is 0 Å². The van der Waals surface area contributed by atoms with Gasteiger partial charge < -0.3 is 4.74 Å². The van der Waals surface area contributed by atoms with Crippen LogP contribution in [0.4, 0.5) is 0 Å². The third kappa shape index (κ3) is 2.57. The fourth-order valence-corrected chi connectivity index (χ4v) is 2.91. The third-order valence-electron chi connectivity index (χ3n) is 4.13. The first-order valence-corrected chi connectivity index (χ1v) is 7.84. The average molecular weight is 332 g/mol. The molecule has 25 heavy (non-hydrogen) atoms. The molecule has 4 aromatic rings. The molecule has 0 amide bonds. The van der Waals surface area contributed by atoms with E-state index >= 15 is 0 Å². The van der Waals surface area contributed by atoms with Gasteiger partial charge >= 0.3 is 0 Å². The van der Waals surface area contributed by atoms with E-state index in [0.717, 1.165) is 28.1 Å². The molecule has 0 fully saturated rings. The maximum absolute atomic E-state index is 12.5. The number of methoxy groups -OCH3 is 1. The Balaban J connectivity index is 1.96. The van der Waals surface area contributed by atoms with Crippen LogP contribution in [-0.4, -0.2) is 26.7 Å². The SMILES string of the molecule is COc1ccc(-c2c(C)[nH]n3c(=O)cc(-c4cccnc4)nc23)cc1. The molecule has 124 valence electrons. The van der Waals surface area contributed by atoms with Gasteiger partial charge in [0.2, 0.25) is 0 Å². The van der Waals surface area contributed by atoms with Gasteiger partial charge in [0.15, 0.2) is 5.65 Å². The van der Waals surface area contributed by atoms with Crippen LogP contribution in [0, 0.1) is 6.92 Å². The fourth-order valence-electron chi connectivity index (χ4n) is 2.91. The fraction of sp³-hybridized carbons (Fsp3) is 0.105. The van der Waals surface area contributed by atoms with Crippen LogP contribution in [0.1, 0.15) is 5.69 Å². The zero-order valence-electron chi connectivity index (χ0n) is 13.9. The summed E-state index contributed by atoms with van der Waals surface area (Å²) >= 11 is 0. The monoisotopic (exact) mass is 332 g/mol. The first-order valence-electron chi connectivity index (χ1n) is 7.84. The summed E-state index contributed by atoms with van der Waals surface area (Å²) in [4.78, 5) is 21.3. The van der Waals surface area contributed by atoms with Crippen LogP contribution < -0.4 is 10.3 Å². The molecule has 0 radical (unpaired) electrons. The molecule has 6 nitrogen and oxygen atoms in total. The lowest BCUT2D eigenvalue weighted by atomic mass is 10.1. The van der Waals surface area contributed by atoms with E-state index in [1.54, 1.807) is 19.5 Å². The van der Waals surface area contributed by atoms with Crippen molar-refractivity contribution in [2.24, 2.45) is 0 Å². The highest BCUT2D eigenvalue weighted by atomic mass is 16.5. The Morgan fingerprint density at radius 3 is 2.60 bits per heavy atom. The maximum atomic E-state index is 12.5. The van der Waals surface area contributed by atoms with Gasteiger partial charge in [-0.3, -0.25) is 14.9 Å². The van der Waals surface area contributed by atoms with E-state index in [4.69, 9.17) is 9.72 Å². The minimum Gasteiger partial charge on any atom is -0.497 e. The number of aryl methyl sites for hydroxylation is 1. The van der Waals surface area contributed by atoms with Gasteiger partial charge in [-0.05, 0) is 36.8 Å². The van der Waals surface area contributed by atoms with E-state index in [1.807, 2.05) is 43.3 Å². The van der Waals surface area contributed by atoms with Gasteiger partial charge in [0.1, 0.15) is 5.75 Å². The Hall–Kier alpha value is -3.41. The largest absolute Gasteiger partial charge is 0.497 e.